The molecule has 11 nitrogen and oxygen atoms in total. The van der Waals surface area contributed by atoms with E-state index in [2.05, 4.69) is 5.32 Å². The summed E-state index contributed by atoms with van der Waals surface area (Å²) < 4.78 is 4.95. The van der Waals surface area contributed by atoms with E-state index in [-0.39, 0.29) is 11.4 Å². The molecule has 2 unspecified atom stereocenters. The monoisotopic (exact) mass is 435 g/mol. The lowest BCUT2D eigenvalue weighted by Gasteiger charge is -2.40. The molecule has 1 saturated heterocycles. The van der Waals surface area contributed by atoms with Crippen molar-refractivity contribution in [2.75, 3.05) is 12.4 Å². The number of benzene rings is 1. The third-order valence-corrected chi connectivity index (χ3v) is 6.44. The van der Waals surface area contributed by atoms with Crippen molar-refractivity contribution in [1.82, 2.24) is 5.32 Å². The molecule has 0 spiro atoms. The lowest BCUT2D eigenvalue weighted by Crippen LogP contribution is -2.65. The van der Waals surface area contributed by atoms with Gasteiger partial charge in [0.15, 0.2) is 6.29 Å². The van der Waals surface area contributed by atoms with Crippen molar-refractivity contribution < 1.29 is 34.9 Å². The minimum Gasteiger partial charge on any atom is -0.394 e. The van der Waals surface area contributed by atoms with Gasteiger partial charge in [0.2, 0.25) is 5.91 Å². The Morgan fingerprint density at radius 1 is 1.32 bits per heavy atom. The van der Waals surface area contributed by atoms with Gasteiger partial charge in [0.05, 0.1) is 22.5 Å². The maximum Gasteiger partial charge on any atom is 0.283 e. The zero-order chi connectivity index (χ0) is 20.8. The number of para-hydroxylation sites is 1. The molecule has 0 bridgehead atoms. The van der Waals surface area contributed by atoms with Crippen LogP contribution >= 0.6 is 21.6 Å². The van der Waals surface area contributed by atoms with Crippen LogP contribution in [0, 0.1) is 10.1 Å². The number of nitrogens with one attached hydrogen (secondary N) is 1. The Bertz CT molecular complexity index is 697. The third-order valence-electron chi connectivity index (χ3n) is 4.00. The zero-order valence-corrected chi connectivity index (χ0v) is 16.1. The quantitative estimate of drug-likeness (QED) is 0.160. The average molecular weight is 435 g/mol. The Kier molecular flexibility index (Phi) is 8.45. The van der Waals surface area contributed by atoms with Crippen LogP contribution in [0.1, 0.15) is 0 Å². The number of nitrogens with two attached hydrogens (primary N) is 1. The molecule has 1 aromatic carbocycles. The first-order valence-electron chi connectivity index (χ1n) is 8.15. The first-order chi connectivity index (χ1) is 13.3. The first kappa shape index (κ1) is 22.8. The number of aliphatic hydroxyl groups excluding tert-OH is 4. The predicted octanol–water partition coefficient (Wildman–Crippen LogP) is -1.42. The summed E-state index contributed by atoms with van der Waals surface area (Å²) in [7, 11) is 2.23. The molecule has 1 aromatic rings. The van der Waals surface area contributed by atoms with Gasteiger partial charge >= 0.3 is 0 Å². The van der Waals surface area contributed by atoms with Crippen LogP contribution in [0.4, 0.5) is 5.69 Å². The summed E-state index contributed by atoms with van der Waals surface area (Å²) in [5.41, 5.74) is 5.73. The number of rotatable bonds is 8. The van der Waals surface area contributed by atoms with Gasteiger partial charge in [-0.2, -0.15) is 0 Å². The topological polar surface area (TPSA) is 188 Å². The minimum absolute atomic E-state index is 0.0592. The number of carbonyl (C=O) groups excluding carboxylic acids is 1. The fraction of sp³-hybridized carbons (Fsp3) is 0.533. The van der Waals surface area contributed by atoms with Gasteiger partial charge in [-0.3, -0.25) is 14.9 Å². The lowest BCUT2D eigenvalue weighted by atomic mass is 9.97. The van der Waals surface area contributed by atoms with Crippen LogP contribution in [0.25, 0.3) is 0 Å². The normalized spacial score (nSPS) is 28.5. The molecular formula is C15H21N3O8S2. The number of hydrogen-bond donors (Lipinski definition) is 6. The van der Waals surface area contributed by atoms with E-state index in [4.69, 9.17) is 15.6 Å². The van der Waals surface area contributed by atoms with Crippen molar-refractivity contribution in [3.8, 4) is 0 Å². The third kappa shape index (κ3) is 5.55. The Morgan fingerprint density at radius 2 is 2.00 bits per heavy atom. The van der Waals surface area contributed by atoms with Gasteiger partial charge in [-0.1, -0.05) is 33.7 Å². The molecule has 1 heterocycles. The number of hydrogen-bond acceptors (Lipinski definition) is 11. The Labute approximate surface area is 167 Å². The van der Waals surface area contributed by atoms with Gasteiger partial charge in [0, 0.05) is 11.8 Å². The molecule has 0 saturated carbocycles. The molecule has 28 heavy (non-hydrogen) atoms. The molecule has 6 atom stereocenters. The van der Waals surface area contributed by atoms with Crippen molar-refractivity contribution in [1.29, 1.82) is 0 Å². The molecule has 1 amide bonds. The minimum atomic E-state index is -1.64. The summed E-state index contributed by atoms with van der Waals surface area (Å²) in [6, 6.07) is 3.76. The smallest absolute Gasteiger partial charge is 0.283 e. The van der Waals surface area contributed by atoms with Crippen molar-refractivity contribution in [3.05, 3.63) is 34.4 Å². The molecule has 0 radical (unpaired) electrons. The molecule has 7 N–H and O–H groups in total. The predicted molar refractivity (Wildman–Crippen MR) is 101 cm³/mol. The highest BCUT2D eigenvalue weighted by Gasteiger charge is 2.44. The van der Waals surface area contributed by atoms with Crippen LogP contribution in [0.15, 0.2) is 29.2 Å². The standard InChI is InChI=1S/C15H21N3O8S2/c16-7(6-27-28-10-4-2-1-3-8(10)18(24)25)14(22)17-11-13(21)12(20)9(5-19)26-15(11)23/h1-4,7,9,11-13,15,19-21,23H,5-6,16H2,(H,17,22)/t7-,9+,11?,12+,13+,15?/m0/s1. The molecule has 0 aromatic heterocycles. The van der Waals surface area contributed by atoms with Crippen molar-refractivity contribution in [2.45, 2.75) is 41.6 Å². The highest BCUT2D eigenvalue weighted by Crippen LogP contribution is 2.37. The van der Waals surface area contributed by atoms with Gasteiger partial charge in [-0.15, -0.1) is 0 Å². The summed E-state index contributed by atoms with van der Waals surface area (Å²) in [5, 5.41) is 52.0. The van der Waals surface area contributed by atoms with E-state index < -0.39 is 54.1 Å². The van der Waals surface area contributed by atoms with Crippen LogP contribution in [0.3, 0.4) is 0 Å². The second-order valence-electron chi connectivity index (χ2n) is 5.96. The number of ether oxygens (including phenoxy) is 1. The molecule has 1 fully saturated rings. The summed E-state index contributed by atoms with van der Waals surface area (Å²) in [6.07, 6.45) is -5.88. The zero-order valence-electron chi connectivity index (χ0n) is 14.5. The molecule has 1 aliphatic rings. The molecule has 13 heteroatoms. The van der Waals surface area contributed by atoms with E-state index in [0.717, 1.165) is 21.6 Å². The largest absolute Gasteiger partial charge is 0.394 e. The van der Waals surface area contributed by atoms with Crippen molar-refractivity contribution >= 4 is 33.2 Å². The van der Waals surface area contributed by atoms with Gasteiger partial charge < -0.3 is 36.2 Å². The SMILES string of the molecule is N[C@@H](CSSc1ccccc1[N+](=O)[O-])C(=O)NC1C(O)O[C@H](CO)[C@@H](O)[C@@H]1O. The summed E-state index contributed by atoms with van der Waals surface area (Å²) >= 11 is 0. The van der Waals surface area contributed by atoms with Crippen LogP contribution in [0.5, 0.6) is 0 Å². The number of nitro benzene ring substituents is 1. The summed E-state index contributed by atoms with van der Waals surface area (Å²) in [5.74, 6) is -0.624. The molecule has 0 aliphatic carbocycles. The van der Waals surface area contributed by atoms with E-state index in [1.165, 1.54) is 6.07 Å². The van der Waals surface area contributed by atoms with Crippen LogP contribution in [-0.2, 0) is 9.53 Å². The highest BCUT2D eigenvalue weighted by atomic mass is 33.1. The number of aliphatic hydroxyl groups is 4. The Morgan fingerprint density at radius 3 is 2.64 bits per heavy atom. The van der Waals surface area contributed by atoms with E-state index in [0.29, 0.717) is 4.90 Å². The summed E-state index contributed by atoms with van der Waals surface area (Å²) in [4.78, 5) is 23.1. The fourth-order valence-corrected chi connectivity index (χ4v) is 4.75. The van der Waals surface area contributed by atoms with Crippen LogP contribution in [0.2, 0.25) is 0 Å². The molecule has 2 rings (SSSR count). The average Bonchev–Trinajstić information content (AvgIpc) is 2.67. The van der Waals surface area contributed by atoms with E-state index in [1.54, 1.807) is 18.2 Å². The number of amides is 1. The van der Waals surface area contributed by atoms with Crippen LogP contribution < -0.4 is 11.1 Å². The van der Waals surface area contributed by atoms with E-state index >= 15 is 0 Å². The number of carbonyl (C=O) groups is 1. The Balaban J connectivity index is 1.87. The van der Waals surface area contributed by atoms with Gasteiger partial charge in [-0.25, -0.2) is 0 Å². The lowest BCUT2D eigenvalue weighted by molar-refractivity contribution is -0.387. The summed E-state index contributed by atoms with van der Waals surface area (Å²) in [6.45, 7) is -0.616. The molecular weight excluding hydrogens is 414 g/mol. The highest BCUT2D eigenvalue weighted by molar-refractivity contribution is 8.76. The van der Waals surface area contributed by atoms with Gasteiger partial charge in [0.25, 0.3) is 5.69 Å². The Hall–Kier alpha value is -1.45. The molecule has 156 valence electrons. The van der Waals surface area contributed by atoms with Gasteiger partial charge in [-0.05, 0) is 6.07 Å². The maximum atomic E-state index is 12.2. The number of nitrogens with zero attached hydrogens (tertiary/aromatic N) is 1. The number of nitro groups is 1. The molecule has 1 aliphatic heterocycles. The maximum absolute atomic E-state index is 12.2. The van der Waals surface area contributed by atoms with E-state index in [1.807, 2.05) is 0 Å². The van der Waals surface area contributed by atoms with Crippen LogP contribution in [-0.4, -0.2) is 80.3 Å². The van der Waals surface area contributed by atoms with Crippen molar-refractivity contribution in [2.24, 2.45) is 5.73 Å². The fourth-order valence-electron chi connectivity index (χ4n) is 2.45. The second kappa shape index (κ2) is 10.4. The first-order valence-corrected chi connectivity index (χ1v) is 10.5. The second-order valence-corrected chi connectivity index (χ2v) is 8.35. The van der Waals surface area contributed by atoms with E-state index in [9.17, 15) is 30.2 Å². The van der Waals surface area contributed by atoms with Gasteiger partial charge in [0.1, 0.15) is 24.4 Å². The van der Waals surface area contributed by atoms with Crippen molar-refractivity contribution in [3.63, 3.8) is 0 Å².